The van der Waals surface area contributed by atoms with Gasteiger partial charge in [0.1, 0.15) is 31.9 Å². The highest BCUT2D eigenvalue weighted by atomic mass is 16.3. The van der Waals surface area contributed by atoms with E-state index in [2.05, 4.69) is 20.9 Å². The van der Waals surface area contributed by atoms with Gasteiger partial charge in [-0.3, -0.25) is 9.69 Å². The van der Waals surface area contributed by atoms with Gasteiger partial charge in [-0.15, -0.1) is 0 Å². The number of carbonyl (C=O) groups is 1. The first-order valence-corrected chi connectivity index (χ1v) is 10.1. The molecule has 2 saturated heterocycles. The van der Waals surface area contributed by atoms with Gasteiger partial charge in [-0.2, -0.15) is 0 Å². The molecule has 2 aliphatic heterocycles. The van der Waals surface area contributed by atoms with Gasteiger partial charge in [0.2, 0.25) is 0 Å². The first-order valence-electron chi connectivity index (χ1n) is 10.1. The van der Waals surface area contributed by atoms with Crippen molar-refractivity contribution in [3.8, 4) is 5.75 Å². The van der Waals surface area contributed by atoms with Crippen LogP contribution in [0.25, 0.3) is 0 Å². The van der Waals surface area contributed by atoms with Crippen LogP contribution in [-0.4, -0.2) is 74.8 Å². The summed E-state index contributed by atoms with van der Waals surface area (Å²) < 4.78 is 0. The summed E-state index contributed by atoms with van der Waals surface area (Å²) in [5.41, 5.74) is 1.10. The molecule has 2 fully saturated rings. The summed E-state index contributed by atoms with van der Waals surface area (Å²) in [5, 5.41) is 9.43. The second-order valence-electron chi connectivity index (χ2n) is 7.55. The quantitative estimate of drug-likeness (QED) is 0.730. The fourth-order valence-electron chi connectivity index (χ4n) is 4.02. The van der Waals surface area contributed by atoms with E-state index in [4.69, 9.17) is 0 Å². The topological polar surface area (TPSA) is 65.6 Å². The number of quaternary nitrogens is 1. The molecule has 0 bridgehead atoms. The maximum atomic E-state index is 12.7. The second-order valence-corrected chi connectivity index (χ2v) is 7.55. The van der Waals surface area contributed by atoms with Gasteiger partial charge in [-0.1, -0.05) is 6.07 Å². The fraction of sp³-hybridized carbons (Fsp3) is 0.429. The molecule has 0 spiro atoms. The van der Waals surface area contributed by atoms with Crippen molar-refractivity contribution in [3.05, 3.63) is 48.7 Å². The SMILES string of the molecule is O=C(C[NH+]1CCN(c2cccc[nH+]2)CC1)N1CCN(c2ccc(O)cc2)CC1. The van der Waals surface area contributed by atoms with Crippen LogP contribution in [0.15, 0.2) is 48.7 Å². The summed E-state index contributed by atoms with van der Waals surface area (Å²) in [6.45, 7) is 7.70. The van der Waals surface area contributed by atoms with Crippen LogP contribution >= 0.6 is 0 Å². The molecule has 3 heterocycles. The number of H-pyrrole nitrogens is 1. The lowest BCUT2D eigenvalue weighted by Crippen LogP contribution is -3.16. The number of amides is 1. The van der Waals surface area contributed by atoms with Gasteiger partial charge < -0.3 is 19.8 Å². The Labute approximate surface area is 165 Å². The molecule has 1 aromatic carbocycles. The minimum absolute atomic E-state index is 0.264. The molecule has 2 aromatic rings. The summed E-state index contributed by atoms with van der Waals surface area (Å²) in [6, 6.07) is 13.4. The Morgan fingerprint density at radius 2 is 1.64 bits per heavy atom. The van der Waals surface area contributed by atoms with Crippen LogP contribution in [0, 0.1) is 0 Å². The Bertz CT molecular complexity index is 767. The zero-order valence-corrected chi connectivity index (χ0v) is 16.2. The van der Waals surface area contributed by atoms with Crippen LogP contribution in [0.3, 0.4) is 0 Å². The van der Waals surface area contributed by atoms with E-state index in [9.17, 15) is 9.90 Å². The van der Waals surface area contributed by atoms with E-state index in [0.717, 1.165) is 63.9 Å². The normalized spacial score (nSPS) is 18.4. The number of pyridine rings is 1. The maximum Gasteiger partial charge on any atom is 0.277 e. The molecule has 0 unspecified atom stereocenters. The molecule has 0 saturated carbocycles. The predicted molar refractivity (Wildman–Crippen MR) is 108 cm³/mol. The van der Waals surface area contributed by atoms with Crippen molar-refractivity contribution in [1.82, 2.24) is 4.90 Å². The van der Waals surface area contributed by atoms with Gasteiger partial charge in [0.25, 0.3) is 11.7 Å². The molecule has 148 valence electrons. The highest BCUT2D eigenvalue weighted by Gasteiger charge is 2.29. The van der Waals surface area contributed by atoms with Crippen LogP contribution in [-0.2, 0) is 4.79 Å². The van der Waals surface area contributed by atoms with Gasteiger partial charge in [-0.25, -0.2) is 4.98 Å². The zero-order valence-electron chi connectivity index (χ0n) is 16.2. The van der Waals surface area contributed by atoms with E-state index in [0.29, 0.717) is 6.54 Å². The van der Waals surface area contributed by atoms with Crippen LogP contribution < -0.4 is 19.7 Å². The van der Waals surface area contributed by atoms with Crippen molar-refractivity contribution >= 4 is 17.4 Å². The number of anilines is 2. The third-order valence-electron chi connectivity index (χ3n) is 5.75. The van der Waals surface area contributed by atoms with E-state index >= 15 is 0 Å². The molecule has 3 N–H and O–H groups in total. The molecular formula is C21H29N5O2+2. The molecule has 2 aliphatic rings. The van der Waals surface area contributed by atoms with E-state index in [-0.39, 0.29) is 11.7 Å². The van der Waals surface area contributed by atoms with Crippen LogP contribution in [0.1, 0.15) is 0 Å². The summed E-state index contributed by atoms with van der Waals surface area (Å²) >= 11 is 0. The average Bonchev–Trinajstić information content (AvgIpc) is 2.75. The van der Waals surface area contributed by atoms with Crippen molar-refractivity contribution in [1.29, 1.82) is 0 Å². The number of aromatic nitrogens is 1. The smallest absolute Gasteiger partial charge is 0.277 e. The molecule has 1 aromatic heterocycles. The van der Waals surface area contributed by atoms with E-state index in [1.165, 1.54) is 4.90 Å². The molecule has 1 amide bonds. The highest BCUT2D eigenvalue weighted by molar-refractivity contribution is 5.77. The number of aromatic amines is 1. The number of phenolic OH excluding ortho intramolecular Hbond substituents is 1. The van der Waals surface area contributed by atoms with Crippen LogP contribution in [0.5, 0.6) is 5.75 Å². The lowest BCUT2D eigenvalue weighted by Gasteiger charge is -2.37. The molecule has 0 aliphatic carbocycles. The minimum Gasteiger partial charge on any atom is -0.508 e. The van der Waals surface area contributed by atoms with Gasteiger partial charge in [0, 0.05) is 37.9 Å². The molecule has 7 nitrogen and oxygen atoms in total. The Morgan fingerprint density at radius 3 is 2.29 bits per heavy atom. The largest absolute Gasteiger partial charge is 0.508 e. The molecule has 4 rings (SSSR count). The number of nitrogens with one attached hydrogen (secondary N) is 2. The second kappa shape index (κ2) is 8.48. The number of nitrogens with zero attached hydrogens (tertiary/aromatic N) is 3. The van der Waals surface area contributed by atoms with Crippen molar-refractivity contribution in [2.75, 3.05) is 68.7 Å². The zero-order chi connectivity index (χ0) is 19.3. The van der Waals surface area contributed by atoms with E-state index in [1.807, 2.05) is 35.4 Å². The van der Waals surface area contributed by atoms with Crippen molar-refractivity contribution in [2.24, 2.45) is 0 Å². The Kier molecular flexibility index (Phi) is 5.62. The first-order chi connectivity index (χ1) is 13.7. The lowest BCUT2D eigenvalue weighted by atomic mass is 10.2. The molecule has 28 heavy (non-hydrogen) atoms. The lowest BCUT2D eigenvalue weighted by molar-refractivity contribution is -0.892. The van der Waals surface area contributed by atoms with E-state index in [1.54, 1.807) is 12.1 Å². The Balaban J connectivity index is 1.22. The van der Waals surface area contributed by atoms with Gasteiger partial charge in [-0.05, 0) is 30.3 Å². The number of piperazine rings is 2. The number of carbonyl (C=O) groups excluding carboxylic acids is 1. The standard InChI is InChI=1S/C21H27N5O2/c27-19-6-4-18(5-7-19)24-13-15-26(16-14-24)21(28)17-23-9-11-25(12-10-23)20-3-1-2-8-22-20/h1-8,27H,9-17H2/p+2. The fourth-order valence-corrected chi connectivity index (χ4v) is 4.02. The van der Waals surface area contributed by atoms with Crippen molar-refractivity contribution < 1.29 is 19.8 Å². The van der Waals surface area contributed by atoms with Crippen molar-refractivity contribution in [3.63, 3.8) is 0 Å². The molecule has 0 atom stereocenters. The first kappa shape index (κ1) is 18.6. The molecule has 7 heteroatoms. The van der Waals surface area contributed by atoms with E-state index < -0.39 is 0 Å². The van der Waals surface area contributed by atoms with Crippen LogP contribution in [0.4, 0.5) is 11.5 Å². The average molecular weight is 383 g/mol. The Hall–Kier alpha value is -2.80. The summed E-state index contributed by atoms with van der Waals surface area (Å²) in [7, 11) is 0. The monoisotopic (exact) mass is 383 g/mol. The minimum atomic E-state index is 0.264. The molecule has 0 radical (unpaired) electrons. The highest BCUT2D eigenvalue weighted by Crippen LogP contribution is 2.19. The summed E-state index contributed by atoms with van der Waals surface area (Å²) in [6.07, 6.45) is 1.95. The number of benzene rings is 1. The summed E-state index contributed by atoms with van der Waals surface area (Å²) in [5.74, 6) is 1.70. The van der Waals surface area contributed by atoms with Crippen molar-refractivity contribution in [2.45, 2.75) is 0 Å². The number of hydrogen-bond donors (Lipinski definition) is 2. The predicted octanol–water partition coefficient (Wildman–Crippen LogP) is -0.740. The third kappa shape index (κ3) is 4.36. The van der Waals surface area contributed by atoms with Gasteiger partial charge in [0.15, 0.2) is 6.54 Å². The molecular weight excluding hydrogens is 354 g/mol. The maximum absolute atomic E-state index is 12.7. The number of aromatic hydroxyl groups is 1. The number of phenols is 1. The Morgan fingerprint density at radius 1 is 0.929 bits per heavy atom. The van der Waals surface area contributed by atoms with Crippen LogP contribution in [0.2, 0.25) is 0 Å². The van der Waals surface area contributed by atoms with Gasteiger partial charge >= 0.3 is 0 Å². The van der Waals surface area contributed by atoms with Gasteiger partial charge in [0.05, 0.1) is 6.20 Å². The number of hydrogen-bond acceptors (Lipinski definition) is 4. The third-order valence-corrected chi connectivity index (χ3v) is 5.75. The summed E-state index contributed by atoms with van der Waals surface area (Å²) in [4.78, 5) is 24.0. The number of rotatable bonds is 4.